The summed E-state index contributed by atoms with van der Waals surface area (Å²) in [5.41, 5.74) is 5.21. The van der Waals surface area contributed by atoms with Gasteiger partial charge in [-0.3, -0.25) is 4.79 Å². The van der Waals surface area contributed by atoms with Crippen LogP contribution in [0, 0.1) is 0 Å². The van der Waals surface area contributed by atoms with E-state index in [2.05, 4.69) is 22.4 Å². The van der Waals surface area contributed by atoms with Crippen LogP contribution in [-0.2, 0) is 4.79 Å². The minimum Gasteiger partial charge on any atom is -0.406 e. The van der Waals surface area contributed by atoms with Crippen LogP contribution in [-0.4, -0.2) is 36.2 Å². The number of amides is 1. The second kappa shape index (κ2) is 6.95. The lowest BCUT2D eigenvalue weighted by Gasteiger charge is -2.17. The normalized spacial score (nSPS) is 12.4. The maximum atomic E-state index is 11.0. The van der Waals surface area contributed by atoms with E-state index in [0.29, 0.717) is 18.5 Å². The number of primary amides is 1. The quantitative estimate of drug-likeness (QED) is 0.699. The number of rotatable bonds is 8. The lowest BCUT2D eigenvalue weighted by Crippen LogP contribution is -2.34. The molecule has 0 radical (unpaired) electrons. The van der Waals surface area contributed by atoms with Gasteiger partial charge in [0.15, 0.2) is 0 Å². The molecule has 0 bridgehead atoms. The molecule has 1 unspecified atom stereocenters. The number of nitrogens with zero attached hydrogens (tertiary/aromatic N) is 3. The second-order valence-corrected chi connectivity index (χ2v) is 4.17. The minimum atomic E-state index is -0.410. The minimum absolute atomic E-state index is 0.0205. The van der Waals surface area contributed by atoms with Gasteiger partial charge in [-0.25, -0.2) is 0 Å². The SMILES string of the molecule is CCCCN(CC(N)=O)c1nnc(C(C)NC)o1. The Labute approximate surface area is 107 Å². The predicted molar refractivity (Wildman–Crippen MR) is 68.1 cm³/mol. The first-order valence-corrected chi connectivity index (χ1v) is 6.12. The van der Waals surface area contributed by atoms with Crippen molar-refractivity contribution in [3.8, 4) is 0 Å². The van der Waals surface area contributed by atoms with E-state index in [0.717, 1.165) is 12.8 Å². The van der Waals surface area contributed by atoms with Gasteiger partial charge in [-0.15, -0.1) is 5.10 Å². The smallest absolute Gasteiger partial charge is 0.318 e. The summed E-state index contributed by atoms with van der Waals surface area (Å²) in [5.74, 6) is 0.0889. The van der Waals surface area contributed by atoms with Crippen molar-refractivity contribution < 1.29 is 9.21 Å². The summed E-state index contributed by atoms with van der Waals surface area (Å²) in [6.45, 7) is 4.76. The highest BCUT2D eigenvalue weighted by atomic mass is 16.4. The topological polar surface area (TPSA) is 97.3 Å². The molecule has 0 aliphatic carbocycles. The summed E-state index contributed by atoms with van der Waals surface area (Å²) in [6.07, 6.45) is 1.95. The van der Waals surface area contributed by atoms with Gasteiger partial charge in [-0.05, 0) is 20.4 Å². The van der Waals surface area contributed by atoms with Crippen LogP contribution < -0.4 is 16.0 Å². The van der Waals surface area contributed by atoms with E-state index in [1.165, 1.54) is 0 Å². The molecule has 1 atom stereocenters. The molecule has 0 aliphatic rings. The van der Waals surface area contributed by atoms with Gasteiger partial charge in [-0.1, -0.05) is 18.4 Å². The number of anilines is 1. The van der Waals surface area contributed by atoms with Crippen LogP contribution >= 0.6 is 0 Å². The molecule has 1 heterocycles. The van der Waals surface area contributed by atoms with Crippen molar-refractivity contribution in [3.63, 3.8) is 0 Å². The number of nitrogens with two attached hydrogens (primary N) is 1. The van der Waals surface area contributed by atoms with Gasteiger partial charge in [0.05, 0.1) is 6.04 Å². The van der Waals surface area contributed by atoms with Crippen molar-refractivity contribution in [2.45, 2.75) is 32.7 Å². The molecule has 0 aliphatic heterocycles. The maximum absolute atomic E-state index is 11.0. The first kappa shape index (κ1) is 14.4. The molecule has 3 N–H and O–H groups in total. The largest absolute Gasteiger partial charge is 0.406 e. The molecule has 7 heteroatoms. The third-order valence-electron chi connectivity index (χ3n) is 2.63. The Bertz CT molecular complexity index is 379. The molecular formula is C11H21N5O2. The lowest BCUT2D eigenvalue weighted by atomic mass is 10.3. The predicted octanol–water partition coefficient (Wildman–Crippen LogP) is 0.442. The summed E-state index contributed by atoms with van der Waals surface area (Å²) in [6, 6.07) is 0.326. The van der Waals surface area contributed by atoms with Gasteiger partial charge in [0.25, 0.3) is 0 Å². The highest BCUT2D eigenvalue weighted by molar-refractivity contribution is 5.78. The van der Waals surface area contributed by atoms with Gasteiger partial charge in [0, 0.05) is 6.54 Å². The molecule has 0 aromatic carbocycles. The van der Waals surface area contributed by atoms with E-state index in [4.69, 9.17) is 10.2 Å². The Morgan fingerprint density at radius 3 is 2.83 bits per heavy atom. The molecule has 7 nitrogen and oxygen atoms in total. The molecular weight excluding hydrogens is 234 g/mol. The fraction of sp³-hybridized carbons (Fsp3) is 0.727. The zero-order valence-corrected chi connectivity index (χ0v) is 11.1. The van der Waals surface area contributed by atoms with Crippen LogP contribution in [0.2, 0.25) is 0 Å². The monoisotopic (exact) mass is 255 g/mol. The molecule has 0 spiro atoms. The molecule has 0 fully saturated rings. The standard InChI is InChI=1S/C11H21N5O2/c1-4-5-6-16(7-9(12)17)11-15-14-10(18-11)8(2)13-3/h8,13H,4-7H2,1-3H3,(H2,12,17). The van der Waals surface area contributed by atoms with Crippen molar-refractivity contribution >= 4 is 11.9 Å². The van der Waals surface area contributed by atoms with Crippen LogP contribution in [0.4, 0.5) is 6.01 Å². The number of hydrogen-bond donors (Lipinski definition) is 2. The number of aromatic nitrogens is 2. The van der Waals surface area contributed by atoms with E-state index < -0.39 is 5.91 Å². The average molecular weight is 255 g/mol. The number of hydrogen-bond acceptors (Lipinski definition) is 6. The highest BCUT2D eigenvalue weighted by Gasteiger charge is 2.18. The van der Waals surface area contributed by atoms with Crippen molar-refractivity contribution in [1.29, 1.82) is 0 Å². The first-order chi connectivity index (χ1) is 8.58. The Kier molecular flexibility index (Phi) is 5.57. The first-order valence-electron chi connectivity index (χ1n) is 6.12. The zero-order valence-electron chi connectivity index (χ0n) is 11.1. The summed E-state index contributed by atoms with van der Waals surface area (Å²) in [4.78, 5) is 12.7. The van der Waals surface area contributed by atoms with Crippen molar-refractivity contribution in [3.05, 3.63) is 5.89 Å². The summed E-state index contributed by atoms with van der Waals surface area (Å²) in [5, 5.41) is 10.9. The maximum Gasteiger partial charge on any atom is 0.318 e. The lowest BCUT2D eigenvalue weighted by molar-refractivity contribution is -0.116. The Balaban J connectivity index is 2.77. The van der Waals surface area contributed by atoms with Gasteiger partial charge >= 0.3 is 6.01 Å². The van der Waals surface area contributed by atoms with Crippen LogP contribution in [0.1, 0.15) is 38.6 Å². The van der Waals surface area contributed by atoms with Crippen LogP contribution in [0.25, 0.3) is 0 Å². The average Bonchev–Trinajstić information content (AvgIpc) is 2.82. The molecule has 18 heavy (non-hydrogen) atoms. The summed E-state index contributed by atoms with van der Waals surface area (Å²) >= 11 is 0. The highest BCUT2D eigenvalue weighted by Crippen LogP contribution is 2.17. The fourth-order valence-electron chi connectivity index (χ4n) is 1.43. The number of carbonyl (C=O) groups excluding carboxylic acids is 1. The number of nitrogens with one attached hydrogen (secondary N) is 1. The molecule has 0 saturated carbocycles. The number of unbranched alkanes of at least 4 members (excludes halogenated alkanes) is 1. The molecule has 1 amide bonds. The van der Waals surface area contributed by atoms with Gasteiger partial charge in [0.1, 0.15) is 6.54 Å². The van der Waals surface area contributed by atoms with E-state index in [1.807, 2.05) is 14.0 Å². The summed E-state index contributed by atoms with van der Waals surface area (Å²) < 4.78 is 5.53. The molecule has 0 saturated heterocycles. The van der Waals surface area contributed by atoms with Crippen LogP contribution in [0.15, 0.2) is 4.42 Å². The van der Waals surface area contributed by atoms with Crippen molar-refractivity contribution in [1.82, 2.24) is 15.5 Å². The van der Waals surface area contributed by atoms with E-state index >= 15 is 0 Å². The van der Waals surface area contributed by atoms with Gasteiger partial charge < -0.3 is 20.4 Å². The van der Waals surface area contributed by atoms with Gasteiger partial charge in [-0.2, -0.15) is 0 Å². The van der Waals surface area contributed by atoms with Crippen LogP contribution in [0.3, 0.4) is 0 Å². The van der Waals surface area contributed by atoms with Gasteiger partial charge in [0.2, 0.25) is 11.8 Å². The zero-order chi connectivity index (χ0) is 13.5. The molecule has 102 valence electrons. The second-order valence-electron chi connectivity index (χ2n) is 4.17. The third kappa shape index (κ3) is 3.99. The van der Waals surface area contributed by atoms with E-state index in [-0.39, 0.29) is 12.6 Å². The molecule has 1 rings (SSSR count). The van der Waals surface area contributed by atoms with Crippen LogP contribution in [0.5, 0.6) is 0 Å². The summed E-state index contributed by atoms with van der Waals surface area (Å²) in [7, 11) is 1.81. The van der Waals surface area contributed by atoms with E-state index in [1.54, 1.807) is 4.90 Å². The Morgan fingerprint density at radius 1 is 1.56 bits per heavy atom. The molecule has 1 aromatic heterocycles. The van der Waals surface area contributed by atoms with E-state index in [9.17, 15) is 4.79 Å². The Morgan fingerprint density at radius 2 is 2.28 bits per heavy atom. The van der Waals surface area contributed by atoms with Crippen molar-refractivity contribution in [2.75, 3.05) is 25.0 Å². The fourth-order valence-corrected chi connectivity index (χ4v) is 1.43. The third-order valence-corrected chi connectivity index (χ3v) is 2.63. The molecule has 1 aromatic rings. The van der Waals surface area contributed by atoms with Crippen molar-refractivity contribution in [2.24, 2.45) is 5.73 Å². The number of carbonyl (C=O) groups is 1. The Hall–Kier alpha value is -1.63.